The van der Waals surface area contributed by atoms with E-state index in [1.807, 2.05) is 38.1 Å². The van der Waals surface area contributed by atoms with Crippen molar-refractivity contribution in [2.45, 2.75) is 45.6 Å². The lowest BCUT2D eigenvalue weighted by molar-refractivity contribution is 0.187. The first-order chi connectivity index (χ1) is 22.7. The summed E-state index contributed by atoms with van der Waals surface area (Å²) in [6, 6.07) is 17.4. The molecule has 1 aliphatic carbocycles. The largest absolute Gasteiger partial charge is 0.377 e. The minimum absolute atomic E-state index is 0.494. The second kappa shape index (κ2) is 12.8. The highest BCUT2D eigenvalue weighted by atomic mass is 15.4. The number of hydrogen-bond donors (Lipinski definition) is 2. The van der Waals surface area contributed by atoms with Crippen LogP contribution in [0.2, 0.25) is 0 Å². The highest BCUT2D eigenvalue weighted by Crippen LogP contribution is 2.32. The smallest absolute Gasteiger partial charge is 0.233 e. The van der Waals surface area contributed by atoms with E-state index >= 15 is 0 Å². The van der Waals surface area contributed by atoms with Crippen molar-refractivity contribution in [2.24, 2.45) is 0 Å². The number of piperazine rings is 1. The van der Waals surface area contributed by atoms with Crippen molar-refractivity contribution in [3.05, 3.63) is 59.9 Å². The van der Waals surface area contributed by atoms with E-state index in [4.69, 9.17) is 24.9 Å². The molecule has 0 spiro atoms. The minimum atomic E-state index is 0.494. The molecule has 2 aromatic carbocycles. The molecule has 2 fully saturated rings. The lowest BCUT2D eigenvalue weighted by Crippen LogP contribution is -2.50. The maximum atomic E-state index is 4.96. The average molecular weight is 632 g/mol. The quantitative estimate of drug-likeness (QED) is 0.203. The Morgan fingerprint density at radius 3 is 1.57 bits per heavy atom. The molecule has 0 unspecified atom stereocenters. The highest BCUT2D eigenvalue weighted by molar-refractivity contribution is 5.95. The molecule has 11 nitrogen and oxygen atoms in total. The molecule has 11 heteroatoms. The summed E-state index contributed by atoms with van der Waals surface area (Å²) in [5.41, 5.74) is 7.91. The van der Waals surface area contributed by atoms with Crippen molar-refractivity contribution in [2.75, 3.05) is 79.7 Å². The van der Waals surface area contributed by atoms with Crippen molar-refractivity contribution in [3.63, 3.8) is 0 Å². The van der Waals surface area contributed by atoms with Crippen molar-refractivity contribution >= 4 is 62.4 Å². The van der Waals surface area contributed by atoms with Gasteiger partial charge in [0, 0.05) is 105 Å². The standard InChI is InChI=1S/C36H45N11/c1-23-19-32(44(3)4)28-21-25(11-13-30(28)37-23)39-34-41-35(40-26-12-14-31-29(22-26)33(45(5)6)20-24(2)38-31)43-36(42-34)47-17-15-46(16-18-47)27-9-7-8-10-27/h11-14,19-22,27H,7-10,15-18H2,1-6H3,(H2,39,40,41,42,43). The molecule has 47 heavy (non-hydrogen) atoms. The minimum Gasteiger partial charge on any atom is -0.377 e. The van der Waals surface area contributed by atoms with Gasteiger partial charge in [0.05, 0.1) is 11.0 Å². The predicted molar refractivity (Wildman–Crippen MR) is 194 cm³/mol. The van der Waals surface area contributed by atoms with Gasteiger partial charge in [0.15, 0.2) is 0 Å². The highest BCUT2D eigenvalue weighted by Gasteiger charge is 2.27. The van der Waals surface area contributed by atoms with Gasteiger partial charge in [0.25, 0.3) is 0 Å². The zero-order valence-electron chi connectivity index (χ0n) is 28.4. The molecule has 244 valence electrons. The number of anilines is 7. The number of nitrogens with one attached hydrogen (secondary N) is 2. The van der Waals surface area contributed by atoms with Crippen molar-refractivity contribution < 1.29 is 0 Å². The summed E-state index contributed by atoms with van der Waals surface area (Å²) in [5, 5.41) is 9.12. The first kappa shape index (κ1) is 30.9. The van der Waals surface area contributed by atoms with Gasteiger partial charge in [-0.05, 0) is 75.2 Å². The second-order valence-electron chi connectivity index (χ2n) is 13.3. The van der Waals surface area contributed by atoms with Crippen LogP contribution in [0.5, 0.6) is 0 Å². The molecule has 2 aliphatic rings. The summed E-state index contributed by atoms with van der Waals surface area (Å²) in [7, 11) is 8.23. The first-order valence-electron chi connectivity index (χ1n) is 16.7. The van der Waals surface area contributed by atoms with E-state index in [0.717, 1.165) is 88.2 Å². The molecule has 3 aromatic heterocycles. The average Bonchev–Trinajstić information content (AvgIpc) is 3.59. The Morgan fingerprint density at radius 2 is 1.11 bits per heavy atom. The van der Waals surface area contributed by atoms with Gasteiger partial charge < -0.3 is 25.3 Å². The van der Waals surface area contributed by atoms with Gasteiger partial charge in [-0.3, -0.25) is 14.9 Å². The molecule has 5 aromatic rings. The maximum Gasteiger partial charge on any atom is 0.233 e. The van der Waals surface area contributed by atoms with Crippen LogP contribution in [0.1, 0.15) is 37.1 Å². The Balaban J connectivity index is 1.22. The summed E-state index contributed by atoms with van der Waals surface area (Å²) in [4.78, 5) is 33.5. The van der Waals surface area contributed by atoms with Crippen molar-refractivity contribution in [1.82, 2.24) is 29.8 Å². The number of nitrogens with zero attached hydrogens (tertiary/aromatic N) is 9. The van der Waals surface area contributed by atoms with Crippen LogP contribution in [0.15, 0.2) is 48.5 Å². The number of aryl methyl sites for hydroxylation is 2. The number of aromatic nitrogens is 5. The van der Waals surface area contributed by atoms with E-state index in [1.165, 1.54) is 25.7 Å². The van der Waals surface area contributed by atoms with Gasteiger partial charge in [-0.2, -0.15) is 15.0 Å². The zero-order valence-corrected chi connectivity index (χ0v) is 28.4. The number of benzene rings is 2. The van der Waals surface area contributed by atoms with E-state index in [2.05, 4.69) is 82.7 Å². The van der Waals surface area contributed by atoms with Crippen molar-refractivity contribution in [1.29, 1.82) is 0 Å². The number of rotatable bonds is 8. The number of hydrogen-bond acceptors (Lipinski definition) is 11. The summed E-state index contributed by atoms with van der Waals surface area (Å²) >= 11 is 0. The van der Waals surface area contributed by atoms with Crippen LogP contribution in [0.25, 0.3) is 21.8 Å². The lowest BCUT2D eigenvalue weighted by Gasteiger charge is -2.38. The fourth-order valence-electron chi connectivity index (χ4n) is 7.00. The Labute approximate surface area is 277 Å². The number of fused-ring (bicyclic) bond motifs is 2. The molecule has 4 heterocycles. The van der Waals surface area contributed by atoms with Crippen LogP contribution in [-0.2, 0) is 0 Å². The molecule has 7 rings (SSSR count). The van der Waals surface area contributed by atoms with E-state index in [9.17, 15) is 0 Å². The van der Waals surface area contributed by atoms with Crippen LogP contribution in [-0.4, -0.2) is 90.2 Å². The fraction of sp³-hybridized carbons (Fsp3) is 0.417. The van der Waals surface area contributed by atoms with Crippen LogP contribution in [0.3, 0.4) is 0 Å². The predicted octanol–water partition coefficient (Wildman–Crippen LogP) is 6.27. The van der Waals surface area contributed by atoms with E-state index < -0.39 is 0 Å². The van der Waals surface area contributed by atoms with E-state index in [1.54, 1.807) is 0 Å². The van der Waals surface area contributed by atoms with Gasteiger partial charge in [0.2, 0.25) is 17.8 Å². The van der Waals surface area contributed by atoms with Gasteiger partial charge in [-0.1, -0.05) is 12.8 Å². The van der Waals surface area contributed by atoms with Gasteiger partial charge in [-0.25, -0.2) is 0 Å². The molecule has 1 aliphatic heterocycles. The van der Waals surface area contributed by atoms with Gasteiger partial charge in [0.1, 0.15) is 0 Å². The molecule has 0 amide bonds. The van der Waals surface area contributed by atoms with Crippen LogP contribution in [0.4, 0.5) is 40.6 Å². The monoisotopic (exact) mass is 631 g/mol. The Morgan fingerprint density at radius 1 is 0.617 bits per heavy atom. The van der Waals surface area contributed by atoms with Crippen molar-refractivity contribution in [3.8, 4) is 0 Å². The molecule has 1 saturated heterocycles. The Kier molecular flexibility index (Phi) is 8.40. The third kappa shape index (κ3) is 6.58. The molecular formula is C36H45N11. The summed E-state index contributed by atoms with van der Waals surface area (Å²) in [6.45, 7) is 7.88. The third-order valence-electron chi connectivity index (χ3n) is 9.37. The summed E-state index contributed by atoms with van der Waals surface area (Å²) in [5.74, 6) is 1.66. The molecule has 2 N–H and O–H groups in total. The molecule has 1 saturated carbocycles. The molecule has 0 radical (unpaired) electrons. The zero-order chi connectivity index (χ0) is 32.7. The Bertz CT molecular complexity index is 1790. The second-order valence-corrected chi connectivity index (χ2v) is 13.3. The number of pyridine rings is 2. The maximum absolute atomic E-state index is 4.96. The normalized spacial score (nSPS) is 15.8. The molecule has 0 bridgehead atoms. The topological polar surface area (TPSA) is 101 Å². The van der Waals surface area contributed by atoms with Crippen LogP contribution >= 0.6 is 0 Å². The van der Waals surface area contributed by atoms with Crippen LogP contribution < -0.4 is 25.3 Å². The first-order valence-corrected chi connectivity index (χ1v) is 16.7. The van der Waals surface area contributed by atoms with E-state index in [0.29, 0.717) is 17.8 Å². The summed E-state index contributed by atoms with van der Waals surface area (Å²) in [6.07, 6.45) is 5.34. The summed E-state index contributed by atoms with van der Waals surface area (Å²) < 4.78 is 0. The molecular weight excluding hydrogens is 586 g/mol. The van der Waals surface area contributed by atoms with E-state index in [-0.39, 0.29) is 0 Å². The van der Waals surface area contributed by atoms with Gasteiger partial charge >= 0.3 is 0 Å². The Hall–Kier alpha value is -4.77. The third-order valence-corrected chi connectivity index (χ3v) is 9.37. The van der Waals surface area contributed by atoms with Gasteiger partial charge in [-0.15, -0.1) is 0 Å². The SMILES string of the molecule is Cc1cc(N(C)C)c2cc(Nc3nc(Nc4ccc5nc(C)cc(N(C)C)c5c4)nc(N4CCN(C5CCCC5)CC4)n3)ccc2n1. The fourth-order valence-corrected chi connectivity index (χ4v) is 7.00. The lowest BCUT2D eigenvalue weighted by atomic mass is 10.1. The molecule has 0 atom stereocenters. The van der Waals surface area contributed by atoms with Crippen LogP contribution in [0, 0.1) is 13.8 Å².